The van der Waals surface area contributed by atoms with Crippen molar-refractivity contribution in [2.45, 2.75) is 31.6 Å². The van der Waals surface area contributed by atoms with Crippen LogP contribution in [0, 0.1) is 6.92 Å². The molecule has 0 aromatic heterocycles. The Morgan fingerprint density at radius 1 is 1.59 bits per heavy atom. The highest BCUT2D eigenvalue weighted by Crippen LogP contribution is 2.39. The van der Waals surface area contributed by atoms with E-state index in [1.165, 1.54) is 5.56 Å². The van der Waals surface area contributed by atoms with Gasteiger partial charge in [0.05, 0.1) is 17.2 Å². The van der Waals surface area contributed by atoms with E-state index in [0.717, 1.165) is 29.1 Å². The number of fused-ring (bicyclic) bond motifs is 1. The predicted octanol–water partition coefficient (Wildman–Crippen LogP) is 3.86. The van der Waals surface area contributed by atoms with E-state index in [9.17, 15) is 4.79 Å². The SMILES string of the molecule is CCOC(=O)c1cc(Cl)c2c(c1C)CCCS2. The topological polar surface area (TPSA) is 26.3 Å². The van der Waals surface area contributed by atoms with E-state index < -0.39 is 0 Å². The Morgan fingerprint density at radius 3 is 3.06 bits per heavy atom. The molecule has 0 spiro atoms. The summed E-state index contributed by atoms with van der Waals surface area (Å²) in [5.41, 5.74) is 2.85. The van der Waals surface area contributed by atoms with Crippen LogP contribution in [-0.4, -0.2) is 18.3 Å². The molecule has 0 fully saturated rings. The number of benzene rings is 1. The third-order valence-corrected chi connectivity index (χ3v) is 4.59. The molecule has 4 heteroatoms. The molecule has 0 N–H and O–H groups in total. The van der Waals surface area contributed by atoms with Crippen LogP contribution in [-0.2, 0) is 11.2 Å². The summed E-state index contributed by atoms with van der Waals surface area (Å²) in [6.45, 7) is 4.18. The standard InChI is InChI=1S/C13H15ClO2S/c1-3-16-13(15)10-7-11(14)12-9(8(10)2)5-4-6-17-12/h7H,3-6H2,1-2H3. The number of hydrogen-bond donors (Lipinski definition) is 0. The van der Waals surface area contributed by atoms with Crippen LogP contribution in [0.1, 0.15) is 34.8 Å². The molecule has 0 atom stereocenters. The molecular weight excluding hydrogens is 256 g/mol. The third-order valence-electron chi connectivity index (χ3n) is 2.93. The average molecular weight is 271 g/mol. The molecule has 2 rings (SSSR count). The zero-order chi connectivity index (χ0) is 12.4. The van der Waals surface area contributed by atoms with E-state index in [4.69, 9.17) is 16.3 Å². The van der Waals surface area contributed by atoms with Crippen LogP contribution in [0.25, 0.3) is 0 Å². The van der Waals surface area contributed by atoms with Crippen LogP contribution < -0.4 is 0 Å². The normalized spacial score (nSPS) is 14.3. The summed E-state index contributed by atoms with van der Waals surface area (Å²) in [7, 11) is 0. The Bertz CT molecular complexity index is 457. The molecule has 92 valence electrons. The van der Waals surface area contributed by atoms with Crippen LogP contribution >= 0.6 is 23.4 Å². The van der Waals surface area contributed by atoms with E-state index in [-0.39, 0.29) is 5.97 Å². The number of esters is 1. The number of carbonyl (C=O) groups excluding carboxylic acids is 1. The van der Waals surface area contributed by atoms with Gasteiger partial charge >= 0.3 is 5.97 Å². The summed E-state index contributed by atoms with van der Waals surface area (Å²) < 4.78 is 5.05. The largest absolute Gasteiger partial charge is 0.462 e. The minimum atomic E-state index is -0.273. The second-order valence-corrected chi connectivity index (χ2v) is 5.52. The quantitative estimate of drug-likeness (QED) is 0.764. The molecule has 2 nitrogen and oxygen atoms in total. The summed E-state index contributed by atoms with van der Waals surface area (Å²) in [5, 5.41) is 0.679. The van der Waals surface area contributed by atoms with Crippen molar-refractivity contribution in [2.24, 2.45) is 0 Å². The Labute approximate surface area is 111 Å². The average Bonchev–Trinajstić information content (AvgIpc) is 2.34. The van der Waals surface area contributed by atoms with Crippen LogP contribution in [0.4, 0.5) is 0 Å². The van der Waals surface area contributed by atoms with Gasteiger partial charge < -0.3 is 4.74 Å². The zero-order valence-corrected chi connectivity index (χ0v) is 11.6. The van der Waals surface area contributed by atoms with Crippen molar-refractivity contribution in [1.82, 2.24) is 0 Å². The van der Waals surface area contributed by atoms with Crippen molar-refractivity contribution in [3.05, 3.63) is 27.8 Å². The number of hydrogen-bond acceptors (Lipinski definition) is 3. The molecule has 0 aliphatic carbocycles. The minimum absolute atomic E-state index is 0.273. The van der Waals surface area contributed by atoms with Gasteiger partial charge in [0.25, 0.3) is 0 Å². The lowest BCUT2D eigenvalue weighted by molar-refractivity contribution is 0.0525. The van der Waals surface area contributed by atoms with Crippen molar-refractivity contribution in [1.29, 1.82) is 0 Å². The molecule has 0 saturated carbocycles. The van der Waals surface area contributed by atoms with Crippen LogP contribution in [0.3, 0.4) is 0 Å². The number of carbonyl (C=O) groups is 1. The second kappa shape index (κ2) is 5.32. The molecule has 1 heterocycles. The monoisotopic (exact) mass is 270 g/mol. The van der Waals surface area contributed by atoms with Crippen LogP contribution in [0.15, 0.2) is 11.0 Å². The van der Waals surface area contributed by atoms with E-state index in [0.29, 0.717) is 17.2 Å². The number of halogens is 1. The lowest BCUT2D eigenvalue weighted by Gasteiger charge is -2.20. The lowest BCUT2D eigenvalue weighted by atomic mass is 9.98. The van der Waals surface area contributed by atoms with Gasteiger partial charge in [0, 0.05) is 4.90 Å². The van der Waals surface area contributed by atoms with E-state index in [1.807, 2.05) is 13.8 Å². The highest BCUT2D eigenvalue weighted by atomic mass is 35.5. The minimum Gasteiger partial charge on any atom is -0.462 e. The smallest absolute Gasteiger partial charge is 0.338 e. The van der Waals surface area contributed by atoms with Gasteiger partial charge in [-0.3, -0.25) is 0 Å². The Morgan fingerprint density at radius 2 is 2.35 bits per heavy atom. The fourth-order valence-corrected chi connectivity index (χ4v) is 3.58. The Balaban J connectivity index is 2.48. The molecule has 1 aliphatic rings. The molecule has 0 amide bonds. The maximum atomic E-state index is 11.8. The fraction of sp³-hybridized carbons (Fsp3) is 0.462. The second-order valence-electron chi connectivity index (χ2n) is 4.01. The molecule has 0 radical (unpaired) electrons. The maximum Gasteiger partial charge on any atom is 0.338 e. The summed E-state index contributed by atoms with van der Waals surface area (Å²) >= 11 is 8.01. The summed E-state index contributed by atoms with van der Waals surface area (Å²) in [6, 6.07) is 1.74. The van der Waals surface area contributed by atoms with Crippen molar-refractivity contribution in [2.75, 3.05) is 12.4 Å². The first kappa shape index (κ1) is 12.8. The van der Waals surface area contributed by atoms with Gasteiger partial charge in [0.15, 0.2) is 0 Å². The van der Waals surface area contributed by atoms with E-state index in [2.05, 4.69) is 0 Å². The van der Waals surface area contributed by atoms with Crippen molar-refractivity contribution in [3.63, 3.8) is 0 Å². The van der Waals surface area contributed by atoms with Crippen molar-refractivity contribution in [3.8, 4) is 0 Å². The first-order valence-corrected chi connectivity index (χ1v) is 7.13. The fourth-order valence-electron chi connectivity index (χ4n) is 2.08. The first-order valence-electron chi connectivity index (χ1n) is 5.77. The Hall–Kier alpha value is -0.670. The van der Waals surface area contributed by atoms with Gasteiger partial charge in [-0.15, -0.1) is 11.8 Å². The third kappa shape index (κ3) is 2.45. The zero-order valence-electron chi connectivity index (χ0n) is 10.0. The Kier molecular flexibility index (Phi) is 4.00. The molecule has 0 unspecified atom stereocenters. The lowest BCUT2D eigenvalue weighted by Crippen LogP contribution is -2.11. The molecule has 1 aromatic carbocycles. The number of thioether (sulfide) groups is 1. The van der Waals surface area contributed by atoms with Gasteiger partial charge in [-0.2, -0.15) is 0 Å². The molecule has 0 bridgehead atoms. The molecule has 1 aliphatic heterocycles. The van der Waals surface area contributed by atoms with Gasteiger partial charge in [-0.1, -0.05) is 11.6 Å². The van der Waals surface area contributed by atoms with Crippen LogP contribution in [0.2, 0.25) is 5.02 Å². The first-order chi connectivity index (χ1) is 8.15. The van der Waals surface area contributed by atoms with Crippen molar-refractivity contribution < 1.29 is 9.53 Å². The highest BCUT2D eigenvalue weighted by Gasteiger charge is 2.21. The molecular formula is C13H15ClO2S. The molecule has 17 heavy (non-hydrogen) atoms. The predicted molar refractivity (Wildman–Crippen MR) is 71.2 cm³/mol. The molecule has 1 aromatic rings. The highest BCUT2D eigenvalue weighted by molar-refractivity contribution is 7.99. The van der Waals surface area contributed by atoms with E-state index in [1.54, 1.807) is 17.8 Å². The van der Waals surface area contributed by atoms with Gasteiger partial charge in [0.2, 0.25) is 0 Å². The van der Waals surface area contributed by atoms with Gasteiger partial charge in [0.1, 0.15) is 0 Å². The molecule has 0 saturated heterocycles. The number of rotatable bonds is 2. The number of ether oxygens (including phenoxy) is 1. The van der Waals surface area contributed by atoms with Crippen molar-refractivity contribution >= 4 is 29.3 Å². The van der Waals surface area contributed by atoms with Gasteiger partial charge in [-0.05, 0) is 49.6 Å². The summed E-state index contributed by atoms with van der Waals surface area (Å²) in [4.78, 5) is 13.0. The van der Waals surface area contributed by atoms with E-state index >= 15 is 0 Å². The maximum absolute atomic E-state index is 11.8. The summed E-state index contributed by atoms with van der Waals surface area (Å²) in [6.07, 6.45) is 2.14. The summed E-state index contributed by atoms with van der Waals surface area (Å²) in [5.74, 6) is 0.829. The van der Waals surface area contributed by atoms with Crippen LogP contribution in [0.5, 0.6) is 0 Å². The van der Waals surface area contributed by atoms with Gasteiger partial charge in [-0.25, -0.2) is 4.79 Å².